The highest BCUT2D eigenvalue weighted by Gasteiger charge is 2.19. The van der Waals surface area contributed by atoms with Gasteiger partial charge in [-0.1, -0.05) is 0 Å². The summed E-state index contributed by atoms with van der Waals surface area (Å²) < 4.78 is 31.4. The Kier molecular flexibility index (Phi) is 2.48. The van der Waals surface area contributed by atoms with E-state index in [-0.39, 0.29) is 0 Å². The van der Waals surface area contributed by atoms with E-state index >= 15 is 0 Å². The number of nitrogens with two attached hydrogens (primary N) is 1. The molecule has 0 fully saturated rings. The highest BCUT2D eigenvalue weighted by molar-refractivity contribution is 5.33. The van der Waals surface area contributed by atoms with Gasteiger partial charge in [0, 0.05) is 6.07 Å². The molecule has 1 aliphatic heterocycles. The van der Waals surface area contributed by atoms with Crippen molar-refractivity contribution in [1.82, 2.24) is 0 Å². The molecular weight excluding hydrogens is 188 g/mol. The summed E-state index contributed by atoms with van der Waals surface area (Å²) in [5.74, 6) is -1.11. The van der Waals surface area contributed by atoms with Crippen LogP contribution in [-0.4, -0.2) is 13.2 Å². The van der Waals surface area contributed by atoms with Crippen LogP contribution in [0.25, 0.3) is 0 Å². The molecule has 0 bridgehead atoms. The minimum atomic E-state index is -0.585. The highest BCUT2D eigenvalue weighted by Crippen LogP contribution is 2.24. The molecule has 1 aliphatic rings. The average Bonchev–Trinajstić information content (AvgIpc) is 2.29. The molecule has 1 aromatic rings. The van der Waals surface area contributed by atoms with E-state index in [4.69, 9.17) is 10.5 Å². The number of hydrogen-bond acceptors (Lipinski definition) is 2. The van der Waals surface area contributed by atoms with Gasteiger partial charge < -0.3 is 10.5 Å². The lowest BCUT2D eigenvalue weighted by Gasteiger charge is -2.12. The van der Waals surface area contributed by atoms with Crippen molar-refractivity contribution in [2.45, 2.75) is 12.5 Å². The Labute approximate surface area is 80.7 Å². The first-order chi connectivity index (χ1) is 6.68. The second kappa shape index (κ2) is 3.63. The van der Waals surface area contributed by atoms with Crippen LogP contribution in [0.1, 0.15) is 17.2 Å². The van der Waals surface area contributed by atoms with Crippen molar-refractivity contribution in [3.05, 3.63) is 34.9 Å². The van der Waals surface area contributed by atoms with Crippen LogP contribution in [0.3, 0.4) is 0 Å². The van der Waals surface area contributed by atoms with Crippen LogP contribution in [0.5, 0.6) is 0 Å². The van der Waals surface area contributed by atoms with Crippen LogP contribution >= 0.6 is 0 Å². The Morgan fingerprint density at radius 3 is 2.93 bits per heavy atom. The first-order valence-electron chi connectivity index (χ1n) is 4.49. The van der Waals surface area contributed by atoms with E-state index < -0.39 is 17.7 Å². The summed E-state index contributed by atoms with van der Waals surface area (Å²) in [6, 6.07) is 1.74. The van der Waals surface area contributed by atoms with Crippen molar-refractivity contribution in [3.8, 4) is 0 Å². The first kappa shape index (κ1) is 9.55. The molecule has 1 aromatic carbocycles. The molecule has 2 N–H and O–H groups in total. The van der Waals surface area contributed by atoms with Crippen LogP contribution in [0, 0.1) is 11.6 Å². The molecule has 0 spiro atoms. The fourth-order valence-electron chi connectivity index (χ4n) is 1.69. The zero-order chi connectivity index (χ0) is 10.1. The van der Waals surface area contributed by atoms with Gasteiger partial charge in [0.1, 0.15) is 11.6 Å². The van der Waals surface area contributed by atoms with Crippen LogP contribution in [0.4, 0.5) is 8.78 Å². The molecule has 0 radical (unpaired) electrons. The summed E-state index contributed by atoms with van der Waals surface area (Å²) in [5, 5.41) is 0. The Balaban J connectivity index is 2.53. The van der Waals surface area contributed by atoms with E-state index in [2.05, 4.69) is 0 Å². The minimum Gasteiger partial charge on any atom is -0.379 e. The number of rotatable bonds is 0. The minimum absolute atomic E-state index is 0.315. The molecule has 2 rings (SSSR count). The Morgan fingerprint density at radius 2 is 2.14 bits per heavy atom. The zero-order valence-electron chi connectivity index (χ0n) is 7.59. The van der Waals surface area contributed by atoms with Gasteiger partial charge in [0.15, 0.2) is 0 Å². The summed E-state index contributed by atoms with van der Waals surface area (Å²) in [6.45, 7) is 0.749. The van der Waals surface area contributed by atoms with Crippen molar-refractivity contribution in [3.63, 3.8) is 0 Å². The van der Waals surface area contributed by atoms with Crippen LogP contribution in [0.2, 0.25) is 0 Å². The fraction of sp³-hybridized carbons (Fsp3) is 0.400. The molecule has 14 heavy (non-hydrogen) atoms. The molecule has 0 amide bonds. The second-order valence-electron chi connectivity index (χ2n) is 3.39. The number of ether oxygens (including phenoxy) is 1. The maximum atomic E-state index is 13.3. The monoisotopic (exact) mass is 199 g/mol. The maximum Gasteiger partial charge on any atom is 0.129 e. The lowest BCUT2D eigenvalue weighted by atomic mass is 9.99. The van der Waals surface area contributed by atoms with Gasteiger partial charge in [-0.05, 0) is 23.6 Å². The summed E-state index contributed by atoms with van der Waals surface area (Å²) in [7, 11) is 0. The van der Waals surface area contributed by atoms with Gasteiger partial charge in [-0.3, -0.25) is 0 Å². The van der Waals surface area contributed by atoms with Gasteiger partial charge >= 0.3 is 0 Å². The molecular formula is C10H11F2NO. The van der Waals surface area contributed by atoms with E-state index in [1.165, 1.54) is 6.07 Å². The summed E-state index contributed by atoms with van der Waals surface area (Å²) in [6.07, 6.45) is 0.454. The summed E-state index contributed by atoms with van der Waals surface area (Å²) in [5.41, 5.74) is 6.74. The molecule has 0 saturated heterocycles. The third kappa shape index (κ3) is 1.63. The second-order valence-corrected chi connectivity index (χ2v) is 3.39. The molecule has 0 aromatic heterocycles. The predicted octanol–water partition coefficient (Wildman–Crippen LogP) is 1.54. The van der Waals surface area contributed by atoms with Crippen molar-refractivity contribution in [1.29, 1.82) is 0 Å². The van der Waals surface area contributed by atoms with Crippen LogP contribution < -0.4 is 5.73 Å². The normalized spacial score (nSPS) is 21.5. The van der Waals surface area contributed by atoms with Crippen LogP contribution in [-0.2, 0) is 11.2 Å². The van der Waals surface area contributed by atoms with E-state index in [0.29, 0.717) is 30.8 Å². The third-order valence-corrected chi connectivity index (χ3v) is 2.39. The Bertz CT molecular complexity index is 354. The molecule has 0 aliphatic carbocycles. The summed E-state index contributed by atoms with van der Waals surface area (Å²) in [4.78, 5) is 0. The number of hydrogen-bond donors (Lipinski definition) is 1. The van der Waals surface area contributed by atoms with E-state index in [9.17, 15) is 8.78 Å². The lowest BCUT2D eigenvalue weighted by Crippen LogP contribution is -2.16. The average molecular weight is 199 g/mol. The largest absolute Gasteiger partial charge is 0.379 e. The van der Waals surface area contributed by atoms with E-state index in [1.807, 2.05) is 0 Å². The highest BCUT2D eigenvalue weighted by atomic mass is 19.1. The number of benzene rings is 1. The number of fused-ring (bicyclic) bond motifs is 1. The number of halogens is 2. The van der Waals surface area contributed by atoms with Gasteiger partial charge in [0.05, 0.1) is 19.3 Å². The van der Waals surface area contributed by atoms with E-state index in [1.54, 1.807) is 0 Å². The van der Waals surface area contributed by atoms with Gasteiger partial charge in [0.2, 0.25) is 0 Å². The standard InChI is InChI=1S/C10H11F2NO/c11-6-3-8-7(9(12)4-6)1-2-14-5-10(8)13/h3-4,10H,1-2,5,13H2. The van der Waals surface area contributed by atoms with Crippen molar-refractivity contribution >= 4 is 0 Å². The van der Waals surface area contributed by atoms with Gasteiger partial charge in [0.25, 0.3) is 0 Å². The topological polar surface area (TPSA) is 35.2 Å². The molecule has 1 atom stereocenters. The zero-order valence-corrected chi connectivity index (χ0v) is 7.59. The Morgan fingerprint density at radius 1 is 1.36 bits per heavy atom. The van der Waals surface area contributed by atoms with Crippen molar-refractivity contribution < 1.29 is 13.5 Å². The predicted molar refractivity (Wildman–Crippen MR) is 47.8 cm³/mol. The molecule has 76 valence electrons. The molecule has 1 heterocycles. The maximum absolute atomic E-state index is 13.3. The van der Waals surface area contributed by atoms with Gasteiger partial charge in [-0.25, -0.2) is 8.78 Å². The SMILES string of the molecule is NC1COCCc2c(F)cc(F)cc21. The third-order valence-electron chi connectivity index (χ3n) is 2.39. The van der Waals surface area contributed by atoms with Crippen LogP contribution in [0.15, 0.2) is 12.1 Å². The lowest BCUT2D eigenvalue weighted by molar-refractivity contribution is 0.131. The van der Waals surface area contributed by atoms with Gasteiger partial charge in [-0.15, -0.1) is 0 Å². The fourth-order valence-corrected chi connectivity index (χ4v) is 1.69. The van der Waals surface area contributed by atoms with Crippen molar-refractivity contribution in [2.75, 3.05) is 13.2 Å². The molecule has 2 nitrogen and oxygen atoms in total. The first-order valence-corrected chi connectivity index (χ1v) is 4.49. The smallest absolute Gasteiger partial charge is 0.129 e. The molecule has 0 saturated carbocycles. The molecule has 1 unspecified atom stereocenters. The van der Waals surface area contributed by atoms with Gasteiger partial charge in [-0.2, -0.15) is 0 Å². The Hall–Kier alpha value is -1.00. The quantitative estimate of drug-likeness (QED) is 0.687. The van der Waals surface area contributed by atoms with E-state index in [0.717, 1.165) is 6.07 Å². The molecule has 4 heteroatoms. The summed E-state index contributed by atoms with van der Waals surface area (Å²) >= 11 is 0. The van der Waals surface area contributed by atoms with Crippen molar-refractivity contribution in [2.24, 2.45) is 5.73 Å².